The lowest BCUT2D eigenvalue weighted by molar-refractivity contribution is 0.200. The number of hydrogen-bond acceptors (Lipinski definition) is 3. The van der Waals surface area contributed by atoms with E-state index in [1.54, 1.807) is 0 Å². The Bertz CT molecular complexity index is 386. The summed E-state index contributed by atoms with van der Waals surface area (Å²) in [5.41, 5.74) is 2.73. The molecule has 1 aromatic rings. The molecule has 2 rings (SSSR count). The average molecular weight is 255 g/mol. The van der Waals surface area contributed by atoms with Gasteiger partial charge in [0, 0.05) is 0 Å². The molecule has 0 spiro atoms. The summed E-state index contributed by atoms with van der Waals surface area (Å²) in [6.07, 6.45) is 3.45. The minimum Gasteiger partial charge on any atom is -0.188 e. The monoisotopic (exact) mass is 255 g/mol. The predicted molar refractivity (Wildman–Crippen MR) is 70.5 cm³/mol. The number of hydrogen-bond donors (Lipinski definition) is 1. The molecule has 0 bridgehead atoms. The zero-order valence-corrected chi connectivity index (χ0v) is 11.4. The highest BCUT2D eigenvalue weighted by Crippen LogP contribution is 2.55. The molecule has 0 heterocycles. The second-order valence-electron chi connectivity index (χ2n) is 4.16. The van der Waals surface area contributed by atoms with Crippen LogP contribution in [-0.2, 0) is 21.9 Å². The molecule has 4 heteroatoms. The van der Waals surface area contributed by atoms with Crippen LogP contribution in [0.5, 0.6) is 0 Å². The van der Waals surface area contributed by atoms with Crippen molar-refractivity contribution >= 4 is 13.2 Å². The first-order valence-corrected chi connectivity index (χ1v) is 7.80. The van der Waals surface area contributed by atoms with Gasteiger partial charge in [-0.3, -0.25) is 0 Å². The first-order valence-electron chi connectivity index (χ1n) is 6.23. The van der Waals surface area contributed by atoms with E-state index in [9.17, 15) is 4.89 Å². The molecule has 3 nitrogen and oxygen atoms in total. The highest BCUT2D eigenvalue weighted by atomic mass is 31.2. The highest BCUT2D eigenvalue weighted by molar-refractivity contribution is 7.68. The van der Waals surface area contributed by atoms with Gasteiger partial charge in [-0.05, 0) is 56.4 Å². The Morgan fingerprint density at radius 1 is 1.12 bits per heavy atom. The molecule has 1 aliphatic carbocycles. The van der Waals surface area contributed by atoms with Gasteiger partial charge in [-0.2, -0.15) is 13.9 Å². The van der Waals surface area contributed by atoms with Crippen molar-refractivity contribution in [3.8, 4) is 0 Å². The zero-order chi connectivity index (χ0) is 12.3. The van der Waals surface area contributed by atoms with Crippen molar-refractivity contribution < 1.29 is 13.9 Å². The van der Waals surface area contributed by atoms with Crippen molar-refractivity contribution in [3.05, 3.63) is 29.3 Å². The van der Waals surface area contributed by atoms with Gasteiger partial charge in [0.15, 0.2) is 5.30 Å². The third-order valence-electron chi connectivity index (χ3n) is 3.02. The third kappa shape index (κ3) is 2.69. The Morgan fingerprint density at radius 2 is 1.76 bits per heavy atom. The molecule has 0 aromatic heterocycles. The molecular weight excluding hydrogens is 235 g/mol. The normalized spacial score (nSPS) is 15.0. The molecule has 1 aliphatic rings. The van der Waals surface area contributed by atoms with E-state index in [1.165, 1.54) is 17.5 Å². The van der Waals surface area contributed by atoms with E-state index in [1.807, 2.05) is 19.9 Å². The molecule has 94 valence electrons. The van der Waals surface area contributed by atoms with Gasteiger partial charge in [-0.1, -0.05) is 6.07 Å². The van der Waals surface area contributed by atoms with Gasteiger partial charge in [-0.25, -0.2) is 0 Å². The lowest BCUT2D eigenvalue weighted by Crippen LogP contribution is -2.17. The largest absolute Gasteiger partial charge is 0.446 e. The molecule has 0 fully saturated rings. The molecule has 0 radical (unpaired) electrons. The van der Waals surface area contributed by atoms with E-state index in [0.717, 1.165) is 18.1 Å². The van der Waals surface area contributed by atoms with Crippen LogP contribution in [-0.4, -0.2) is 18.1 Å². The fourth-order valence-electron chi connectivity index (χ4n) is 2.27. The zero-order valence-electron chi connectivity index (χ0n) is 10.5. The maximum atomic E-state index is 10.5. The SMILES string of the molecule is CCO[P+](O)(OCC)c1ccc2c(c1)CCC2. The van der Waals surface area contributed by atoms with E-state index in [-0.39, 0.29) is 0 Å². The van der Waals surface area contributed by atoms with Crippen molar-refractivity contribution in [3.63, 3.8) is 0 Å². The summed E-state index contributed by atoms with van der Waals surface area (Å²) in [7, 11) is -2.85. The first kappa shape index (κ1) is 13.0. The van der Waals surface area contributed by atoms with Crippen LogP contribution in [0.4, 0.5) is 0 Å². The summed E-state index contributed by atoms with van der Waals surface area (Å²) in [6.45, 7) is 4.66. The average Bonchev–Trinajstić information content (AvgIpc) is 2.76. The van der Waals surface area contributed by atoms with Crippen molar-refractivity contribution in [1.82, 2.24) is 0 Å². The number of aryl methyl sites for hydroxylation is 2. The van der Waals surface area contributed by atoms with Crippen LogP contribution in [0.15, 0.2) is 18.2 Å². The number of benzene rings is 1. The van der Waals surface area contributed by atoms with Gasteiger partial charge in [0.25, 0.3) is 0 Å². The molecule has 0 atom stereocenters. The molecule has 0 unspecified atom stereocenters. The first-order chi connectivity index (χ1) is 8.19. The van der Waals surface area contributed by atoms with Crippen LogP contribution >= 0.6 is 7.94 Å². The van der Waals surface area contributed by atoms with Gasteiger partial charge in [-0.15, -0.1) is 0 Å². The summed E-state index contributed by atoms with van der Waals surface area (Å²) < 4.78 is 10.9. The Labute approximate surface area is 103 Å². The quantitative estimate of drug-likeness (QED) is 0.822. The summed E-state index contributed by atoms with van der Waals surface area (Å²) >= 11 is 0. The topological polar surface area (TPSA) is 38.7 Å². The second kappa shape index (κ2) is 5.45. The van der Waals surface area contributed by atoms with Crippen molar-refractivity contribution in [2.24, 2.45) is 0 Å². The van der Waals surface area contributed by atoms with Gasteiger partial charge in [0.05, 0.1) is 13.2 Å². The van der Waals surface area contributed by atoms with Gasteiger partial charge < -0.3 is 0 Å². The standard InChI is InChI=1S/C13H20O3P/c1-3-15-17(14,16-4-2)13-9-8-11-6-5-7-12(11)10-13/h8-10,14H,3-7H2,1-2H3/q+1. The summed E-state index contributed by atoms with van der Waals surface area (Å²) in [5.74, 6) is 0. The molecular formula is C13H20O3P+. The van der Waals surface area contributed by atoms with Crippen molar-refractivity contribution in [1.29, 1.82) is 0 Å². The van der Waals surface area contributed by atoms with Gasteiger partial charge in [0.1, 0.15) is 0 Å². The van der Waals surface area contributed by atoms with Crippen molar-refractivity contribution in [2.75, 3.05) is 13.2 Å². The molecule has 0 amide bonds. The fraction of sp³-hybridized carbons (Fsp3) is 0.538. The van der Waals surface area contributed by atoms with Crippen LogP contribution in [0.25, 0.3) is 0 Å². The minimum absolute atomic E-state index is 0.460. The summed E-state index contributed by atoms with van der Waals surface area (Å²) in [5, 5.41) is 0.807. The van der Waals surface area contributed by atoms with Crippen LogP contribution in [0, 0.1) is 0 Å². The Morgan fingerprint density at radius 3 is 2.41 bits per heavy atom. The minimum atomic E-state index is -2.85. The molecule has 17 heavy (non-hydrogen) atoms. The molecule has 0 saturated carbocycles. The summed E-state index contributed by atoms with van der Waals surface area (Å²) in [6, 6.07) is 6.10. The Balaban J connectivity index is 2.29. The van der Waals surface area contributed by atoms with E-state index >= 15 is 0 Å². The predicted octanol–water partition coefficient (Wildman–Crippen LogP) is 2.63. The van der Waals surface area contributed by atoms with Gasteiger partial charge >= 0.3 is 7.94 Å². The third-order valence-corrected chi connectivity index (χ3v) is 5.16. The maximum Gasteiger partial charge on any atom is 0.446 e. The molecule has 1 aromatic carbocycles. The maximum absolute atomic E-state index is 10.5. The number of fused-ring (bicyclic) bond motifs is 1. The molecule has 0 aliphatic heterocycles. The van der Waals surface area contributed by atoms with Crippen LogP contribution in [0.2, 0.25) is 0 Å². The highest BCUT2D eigenvalue weighted by Gasteiger charge is 2.43. The van der Waals surface area contributed by atoms with Crippen LogP contribution in [0.1, 0.15) is 31.4 Å². The fourth-order valence-corrected chi connectivity index (χ4v) is 3.92. The van der Waals surface area contributed by atoms with E-state index in [4.69, 9.17) is 9.05 Å². The van der Waals surface area contributed by atoms with Gasteiger partial charge in [0.2, 0.25) is 0 Å². The Hall–Kier alpha value is -0.470. The number of rotatable bonds is 5. The molecule has 1 N–H and O–H groups in total. The van der Waals surface area contributed by atoms with E-state index in [0.29, 0.717) is 13.2 Å². The molecule has 0 saturated heterocycles. The van der Waals surface area contributed by atoms with Crippen molar-refractivity contribution in [2.45, 2.75) is 33.1 Å². The lowest BCUT2D eigenvalue weighted by Gasteiger charge is -2.16. The second-order valence-corrected chi connectivity index (χ2v) is 6.24. The van der Waals surface area contributed by atoms with Crippen LogP contribution < -0.4 is 5.30 Å². The van der Waals surface area contributed by atoms with Crippen LogP contribution in [0.3, 0.4) is 0 Å². The van der Waals surface area contributed by atoms with E-state index in [2.05, 4.69) is 12.1 Å². The van der Waals surface area contributed by atoms with E-state index < -0.39 is 7.94 Å². The summed E-state index contributed by atoms with van der Waals surface area (Å²) in [4.78, 5) is 10.5. The Kier molecular flexibility index (Phi) is 4.16. The lowest BCUT2D eigenvalue weighted by atomic mass is 10.1. The smallest absolute Gasteiger partial charge is 0.188 e.